The van der Waals surface area contributed by atoms with Gasteiger partial charge in [-0.1, -0.05) is 6.07 Å². The van der Waals surface area contributed by atoms with E-state index in [1.165, 1.54) is 12.3 Å². The fourth-order valence-electron chi connectivity index (χ4n) is 1.85. The Balaban J connectivity index is 2.02. The highest BCUT2D eigenvalue weighted by atomic mass is 19.4. The standard InChI is InChI=1S/C11H11F3N4O3/c12-11(13,14)21-10-2-1-8(5-16-10)6-17-4-3-15-9(17)7-18(19)20/h1-2,5,7,15H,3-4,6H2/b9-7+. The molecule has 0 unspecified atom stereocenters. The molecule has 114 valence electrons. The van der Waals surface area contributed by atoms with Crippen LogP contribution < -0.4 is 10.1 Å². The summed E-state index contributed by atoms with van der Waals surface area (Å²) in [7, 11) is 0. The predicted molar refractivity (Wildman–Crippen MR) is 64.4 cm³/mol. The molecule has 2 heterocycles. The van der Waals surface area contributed by atoms with Crippen molar-refractivity contribution in [2.24, 2.45) is 0 Å². The van der Waals surface area contributed by atoms with Gasteiger partial charge in [-0.05, 0) is 5.56 Å². The van der Waals surface area contributed by atoms with Crippen LogP contribution in [0.1, 0.15) is 5.56 Å². The zero-order valence-corrected chi connectivity index (χ0v) is 10.6. The van der Waals surface area contributed by atoms with Crippen molar-refractivity contribution in [3.05, 3.63) is 46.0 Å². The van der Waals surface area contributed by atoms with E-state index in [1.54, 1.807) is 4.90 Å². The number of aromatic nitrogens is 1. The fourth-order valence-corrected chi connectivity index (χ4v) is 1.85. The minimum Gasteiger partial charge on any atom is -0.388 e. The van der Waals surface area contributed by atoms with E-state index in [0.29, 0.717) is 31.0 Å². The van der Waals surface area contributed by atoms with E-state index in [1.807, 2.05) is 0 Å². The lowest BCUT2D eigenvalue weighted by molar-refractivity contribution is -0.404. The second-order valence-electron chi connectivity index (χ2n) is 4.20. The first-order valence-corrected chi connectivity index (χ1v) is 5.88. The van der Waals surface area contributed by atoms with Crippen LogP contribution in [0.3, 0.4) is 0 Å². The summed E-state index contributed by atoms with van der Waals surface area (Å²) < 4.78 is 39.6. The molecule has 0 aromatic carbocycles. The highest BCUT2D eigenvalue weighted by Crippen LogP contribution is 2.21. The lowest BCUT2D eigenvalue weighted by Gasteiger charge is -2.17. The number of nitrogens with one attached hydrogen (secondary N) is 1. The molecule has 1 aromatic heterocycles. The van der Waals surface area contributed by atoms with Gasteiger partial charge in [0.2, 0.25) is 5.88 Å². The molecule has 7 nitrogen and oxygen atoms in total. The molecular formula is C11H11F3N4O3. The third-order valence-corrected chi connectivity index (χ3v) is 2.65. The Morgan fingerprint density at radius 3 is 2.86 bits per heavy atom. The Bertz CT molecular complexity index is 545. The van der Waals surface area contributed by atoms with E-state index in [-0.39, 0.29) is 0 Å². The van der Waals surface area contributed by atoms with Crippen LogP contribution in [-0.2, 0) is 6.54 Å². The molecule has 10 heteroatoms. The second-order valence-corrected chi connectivity index (χ2v) is 4.20. The highest BCUT2D eigenvalue weighted by Gasteiger charge is 2.31. The normalized spacial score (nSPS) is 16.9. The molecule has 0 radical (unpaired) electrons. The van der Waals surface area contributed by atoms with E-state index >= 15 is 0 Å². The van der Waals surface area contributed by atoms with Crippen molar-refractivity contribution < 1.29 is 22.8 Å². The number of rotatable bonds is 4. The van der Waals surface area contributed by atoms with Crippen LogP contribution in [0.4, 0.5) is 13.2 Å². The van der Waals surface area contributed by atoms with Gasteiger partial charge in [0.15, 0.2) is 5.82 Å². The molecule has 21 heavy (non-hydrogen) atoms. The van der Waals surface area contributed by atoms with Gasteiger partial charge in [0.05, 0.1) is 4.92 Å². The average molecular weight is 304 g/mol. The van der Waals surface area contributed by atoms with Crippen LogP contribution in [0, 0.1) is 10.1 Å². The van der Waals surface area contributed by atoms with E-state index in [0.717, 1.165) is 12.3 Å². The van der Waals surface area contributed by atoms with Crippen LogP contribution in [0.2, 0.25) is 0 Å². The first-order valence-electron chi connectivity index (χ1n) is 5.88. The monoisotopic (exact) mass is 304 g/mol. The van der Waals surface area contributed by atoms with E-state index in [2.05, 4.69) is 15.0 Å². The maximum absolute atomic E-state index is 12.0. The summed E-state index contributed by atoms with van der Waals surface area (Å²) in [5.74, 6) is -0.192. The molecule has 0 saturated carbocycles. The molecule has 1 aromatic rings. The van der Waals surface area contributed by atoms with E-state index < -0.39 is 17.2 Å². The van der Waals surface area contributed by atoms with Crippen LogP contribution in [-0.4, -0.2) is 34.3 Å². The van der Waals surface area contributed by atoms with Crippen molar-refractivity contribution in [3.63, 3.8) is 0 Å². The molecule has 0 aliphatic carbocycles. The van der Waals surface area contributed by atoms with Crippen LogP contribution in [0.15, 0.2) is 30.4 Å². The van der Waals surface area contributed by atoms with Crippen molar-refractivity contribution in [2.75, 3.05) is 13.1 Å². The zero-order chi connectivity index (χ0) is 15.5. The molecule has 1 aliphatic rings. The first-order chi connectivity index (χ1) is 9.83. The summed E-state index contributed by atoms with van der Waals surface area (Å²) in [6.07, 6.45) is -2.69. The fraction of sp³-hybridized carbons (Fsp3) is 0.364. The summed E-state index contributed by atoms with van der Waals surface area (Å²) in [5.41, 5.74) is 0.613. The molecule has 1 N–H and O–H groups in total. The predicted octanol–water partition coefficient (Wildman–Crippen LogP) is 1.46. The summed E-state index contributed by atoms with van der Waals surface area (Å²) in [4.78, 5) is 15.1. The number of nitro groups is 1. The minimum atomic E-state index is -4.78. The molecule has 1 fully saturated rings. The Labute approximate surface area is 117 Å². The molecule has 0 amide bonds. The largest absolute Gasteiger partial charge is 0.574 e. The van der Waals surface area contributed by atoms with Gasteiger partial charge in [0.1, 0.15) is 0 Å². The number of nitrogens with zero attached hydrogens (tertiary/aromatic N) is 3. The number of alkyl halides is 3. The number of hydrogen-bond acceptors (Lipinski definition) is 6. The van der Waals surface area contributed by atoms with Crippen molar-refractivity contribution in [2.45, 2.75) is 12.9 Å². The number of pyridine rings is 1. The number of ether oxygens (including phenoxy) is 1. The van der Waals surface area contributed by atoms with E-state index in [9.17, 15) is 23.3 Å². The summed E-state index contributed by atoms with van der Waals surface area (Å²) in [5, 5.41) is 13.3. The molecular weight excluding hydrogens is 293 g/mol. The number of halogens is 3. The van der Waals surface area contributed by atoms with Crippen molar-refractivity contribution >= 4 is 0 Å². The molecule has 1 saturated heterocycles. The van der Waals surface area contributed by atoms with Gasteiger partial charge < -0.3 is 15.0 Å². The summed E-state index contributed by atoms with van der Waals surface area (Å²) >= 11 is 0. The lowest BCUT2D eigenvalue weighted by Crippen LogP contribution is -2.21. The Morgan fingerprint density at radius 2 is 2.29 bits per heavy atom. The van der Waals surface area contributed by atoms with Gasteiger partial charge in [-0.25, -0.2) is 4.98 Å². The topological polar surface area (TPSA) is 80.5 Å². The quantitative estimate of drug-likeness (QED) is 0.670. The molecule has 1 aliphatic heterocycles. The maximum Gasteiger partial charge on any atom is 0.574 e. The van der Waals surface area contributed by atoms with E-state index in [4.69, 9.17) is 0 Å². The lowest BCUT2D eigenvalue weighted by atomic mass is 10.2. The van der Waals surface area contributed by atoms with Crippen LogP contribution in [0.5, 0.6) is 5.88 Å². The third-order valence-electron chi connectivity index (χ3n) is 2.65. The second kappa shape index (κ2) is 5.85. The van der Waals surface area contributed by atoms with Gasteiger partial charge in [-0.15, -0.1) is 13.2 Å². The van der Waals surface area contributed by atoms with Gasteiger partial charge in [-0.2, -0.15) is 0 Å². The maximum atomic E-state index is 12.0. The van der Waals surface area contributed by atoms with Gasteiger partial charge in [0.25, 0.3) is 6.20 Å². The van der Waals surface area contributed by atoms with Crippen molar-refractivity contribution in [1.82, 2.24) is 15.2 Å². The molecule has 2 rings (SSSR count). The number of hydrogen-bond donors (Lipinski definition) is 1. The smallest absolute Gasteiger partial charge is 0.388 e. The Hall–Kier alpha value is -2.52. The zero-order valence-electron chi connectivity index (χ0n) is 10.6. The van der Waals surface area contributed by atoms with Gasteiger partial charge in [0, 0.05) is 31.9 Å². The minimum absolute atomic E-state index is 0.298. The molecule has 0 atom stereocenters. The summed E-state index contributed by atoms with van der Waals surface area (Å²) in [6.45, 7) is 1.41. The molecule has 0 spiro atoms. The highest BCUT2D eigenvalue weighted by molar-refractivity contribution is 5.19. The van der Waals surface area contributed by atoms with Crippen LogP contribution in [0.25, 0.3) is 0 Å². The van der Waals surface area contributed by atoms with Gasteiger partial charge >= 0.3 is 6.36 Å². The van der Waals surface area contributed by atoms with Crippen LogP contribution >= 0.6 is 0 Å². The average Bonchev–Trinajstić information content (AvgIpc) is 2.76. The molecule has 0 bridgehead atoms. The van der Waals surface area contributed by atoms with Gasteiger partial charge in [-0.3, -0.25) is 10.1 Å². The Morgan fingerprint density at radius 1 is 1.52 bits per heavy atom. The van der Waals surface area contributed by atoms with Crippen molar-refractivity contribution in [3.8, 4) is 5.88 Å². The van der Waals surface area contributed by atoms with Crippen molar-refractivity contribution in [1.29, 1.82) is 0 Å². The Kier molecular flexibility index (Phi) is 4.15. The first kappa shape index (κ1) is 14.9. The SMILES string of the molecule is O=[N+]([O-])/C=C1\NCCN1Cc1ccc(OC(F)(F)F)nc1. The summed E-state index contributed by atoms with van der Waals surface area (Å²) in [6, 6.07) is 2.53. The third kappa shape index (κ3) is 4.51.